The maximum absolute atomic E-state index is 4.65. The molecule has 0 unspecified atom stereocenters. The van der Waals surface area contributed by atoms with Gasteiger partial charge in [0, 0.05) is 18.3 Å². The molecule has 0 aliphatic rings. The van der Waals surface area contributed by atoms with Crippen LogP contribution in [-0.2, 0) is 6.42 Å². The summed E-state index contributed by atoms with van der Waals surface area (Å²) >= 11 is 0. The van der Waals surface area contributed by atoms with Gasteiger partial charge in [-0.2, -0.15) is 0 Å². The largest absolute Gasteiger partial charge is 0.304 e. The zero-order chi connectivity index (χ0) is 12.5. The van der Waals surface area contributed by atoms with E-state index in [0.717, 1.165) is 17.8 Å². The first-order chi connectivity index (χ1) is 8.72. The number of aryl methyl sites for hydroxylation is 2. The Labute approximate surface area is 107 Å². The van der Waals surface area contributed by atoms with Crippen molar-refractivity contribution < 1.29 is 0 Å². The van der Waals surface area contributed by atoms with E-state index in [4.69, 9.17) is 0 Å². The molecule has 0 radical (unpaired) electrons. The Morgan fingerprint density at radius 1 is 1.00 bits per heavy atom. The quantitative estimate of drug-likeness (QED) is 0.665. The SMILES string of the molecule is Cc1ccc(Cc2cn3c(C)cccc3n2)cc1. The summed E-state index contributed by atoms with van der Waals surface area (Å²) in [5, 5.41) is 0. The molecule has 18 heavy (non-hydrogen) atoms. The maximum atomic E-state index is 4.65. The number of hydrogen-bond donors (Lipinski definition) is 0. The van der Waals surface area contributed by atoms with Gasteiger partial charge in [-0.25, -0.2) is 4.98 Å². The second-order valence-electron chi connectivity index (χ2n) is 4.79. The molecule has 90 valence electrons. The van der Waals surface area contributed by atoms with Crippen molar-refractivity contribution in [3.63, 3.8) is 0 Å². The van der Waals surface area contributed by atoms with Gasteiger partial charge >= 0.3 is 0 Å². The molecular formula is C16H16N2. The summed E-state index contributed by atoms with van der Waals surface area (Å²) in [6.07, 6.45) is 3.02. The summed E-state index contributed by atoms with van der Waals surface area (Å²) in [6.45, 7) is 4.21. The van der Waals surface area contributed by atoms with E-state index < -0.39 is 0 Å². The number of pyridine rings is 1. The van der Waals surface area contributed by atoms with Crippen LogP contribution < -0.4 is 0 Å². The predicted octanol–water partition coefficient (Wildman–Crippen LogP) is 3.54. The normalized spacial score (nSPS) is 11.0. The summed E-state index contributed by atoms with van der Waals surface area (Å²) in [5.74, 6) is 0. The molecule has 3 aromatic rings. The Balaban J connectivity index is 1.95. The Morgan fingerprint density at radius 2 is 1.78 bits per heavy atom. The molecule has 0 saturated carbocycles. The lowest BCUT2D eigenvalue weighted by molar-refractivity contribution is 1.08. The number of nitrogens with zero attached hydrogens (tertiary/aromatic N) is 2. The van der Waals surface area contributed by atoms with Crippen molar-refractivity contribution in [3.05, 3.63) is 71.2 Å². The number of fused-ring (bicyclic) bond motifs is 1. The van der Waals surface area contributed by atoms with Gasteiger partial charge in [-0.15, -0.1) is 0 Å². The van der Waals surface area contributed by atoms with Crippen molar-refractivity contribution in [3.8, 4) is 0 Å². The van der Waals surface area contributed by atoms with Crippen LogP contribution in [-0.4, -0.2) is 9.38 Å². The van der Waals surface area contributed by atoms with E-state index in [1.165, 1.54) is 16.8 Å². The number of benzene rings is 1. The van der Waals surface area contributed by atoms with E-state index in [2.05, 4.69) is 59.8 Å². The number of imidazole rings is 1. The van der Waals surface area contributed by atoms with E-state index in [9.17, 15) is 0 Å². The molecule has 0 bridgehead atoms. The molecule has 0 aliphatic carbocycles. The van der Waals surface area contributed by atoms with Crippen LogP contribution in [0.1, 0.15) is 22.5 Å². The first-order valence-electron chi connectivity index (χ1n) is 6.21. The van der Waals surface area contributed by atoms with Crippen LogP contribution in [0, 0.1) is 13.8 Å². The number of hydrogen-bond acceptors (Lipinski definition) is 1. The van der Waals surface area contributed by atoms with Crippen LogP contribution in [0.3, 0.4) is 0 Å². The van der Waals surface area contributed by atoms with Gasteiger partial charge in [-0.05, 0) is 31.5 Å². The second-order valence-corrected chi connectivity index (χ2v) is 4.79. The minimum absolute atomic E-state index is 0.890. The molecule has 1 aromatic carbocycles. The zero-order valence-electron chi connectivity index (χ0n) is 10.7. The van der Waals surface area contributed by atoms with Crippen molar-refractivity contribution >= 4 is 5.65 Å². The van der Waals surface area contributed by atoms with Gasteiger partial charge in [0.1, 0.15) is 5.65 Å². The summed E-state index contributed by atoms with van der Waals surface area (Å²) in [6, 6.07) is 14.8. The highest BCUT2D eigenvalue weighted by Crippen LogP contribution is 2.13. The van der Waals surface area contributed by atoms with E-state index >= 15 is 0 Å². The molecule has 0 saturated heterocycles. The highest BCUT2D eigenvalue weighted by Gasteiger charge is 2.03. The average molecular weight is 236 g/mol. The van der Waals surface area contributed by atoms with E-state index in [1.54, 1.807) is 0 Å². The topological polar surface area (TPSA) is 17.3 Å². The molecule has 0 spiro atoms. The van der Waals surface area contributed by atoms with Crippen molar-refractivity contribution in [2.75, 3.05) is 0 Å². The third kappa shape index (κ3) is 2.02. The van der Waals surface area contributed by atoms with Crippen LogP contribution in [0.25, 0.3) is 5.65 Å². The maximum Gasteiger partial charge on any atom is 0.137 e. The molecule has 2 heteroatoms. The highest BCUT2D eigenvalue weighted by molar-refractivity contribution is 5.42. The smallest absolute Gasteiger partial charge is 0.137 e. The van der Waals surface area contributed by atoms with Gasteiger partial charge in [0.2, 0.25) is 0 Å². The first-order valence-corrected chi connectivity index (χ1v) is 6.21. The first kappa shape index (κ1) is 11.0. The molecule has 2 heterocycles. The van der Waals surface area contributed by atoms with Crippen LogP contribution in [0.4, 0.5) is 0 Å². The minimum Gasteiger partial charge on any atom is -0.304 e. The van der Waals surface area contributed by atoms with Gasteiger partial charge in [-0.3, -0.25) is 0 Å². The van der Waals surface area contributed by atoms with E-state index in [1.807, 2.05) is 12.1 Å². The minimum atomic E-state index is 0.890. The lowest BCUT2D eigenvalue weighted by atomic mass is 10.1. The van der Waals surface area contributed by atoms with Gasteiger partial charge in [0.25, 0.3) is 0 Å². The van der Waals surface area contributed by atoms with Crippen LogP contribution in [0.5, 0.6) is 0 Å². The molecule has 2 aromatic heterocycles. The van der Waals surface area contributed by atoms with Crippen LogP contribution >= 0.6 is 0 Å². The summed E-state index contributed by atoms with van der Waals surface area (Å²) in [4.78, 5) is 4.65. The molecule has 0 atom stereocenters. The number of rotatable bonds is 2. The fourth-order valence-corrected chi connectivity index (χ4v) is 2.20. The Hall–Kier alpha value is -2.09. The second kappa shape index (κ2) is 4.30. The third-order valence-corrected chi connectivity index (χ3v) is 3.25. The van der Waals surface area contributed by atoms with Gasteiger partial charge in [0.05, 0.1) is 5.69 Å². The zero-order valence-corrected chi connectivity index (χ0v) is 10.7. The van der Waals surface area contributed by atoms with Gasteiger partial charge in [0.15, 0.2) is 0 Å². The molecule has 0 amide bonds. The third-order valence-electron chi connectivity index (χ3n) is 3.25. The Morgan fingerprint density at radius 3 is 2.50 bits per heavy atom. The standard InChI is InChI=1S/C16H16N2/c1-12-6-8-14(9-7-12)10-15-11-18-13(2)4-3-5-16(18)17-15/h3-9,11H,10H2,1-2H3. The molecule has 0 N–H and O–H groups in total. The molecule has 3 rings (SSSR count). The van der Waals surface area contributed by atoms with Gasteiger partial charge < -0.3 is 4.40 Å². The average Bonchev–Trinajstić information content (AvgIpc) is 2.76. The predicted molar refractivity (Wildman–Crippen MR) is 73.9 cm³/mol. The molecule has 2 nitrogen and oxygen atoms in total. The van der Waals surface area contributed by atoms with Crippen LogP contribution in [0.15, 0.2) is 48.7 Å². The lowest BCUT2D eigenvalue weighted by Crippen LogP contribution is -1.88. The van der Waals surface area contributed by atoms with Crippen molar-refractivity contribution in [1.29, 1.82) is 0 Å². The summed E-state index contributed by atoms with van der Waals surface area (Å²) in [7, 11) is 0. The Bertz CT molecular complexity index is 678. The summed E-state index contributed by atoms with van der Waals surface area (Å²) in [5.41, 5.74) is 5.96. The number of aromatic nitrogens is 2. The van der Waals surface area contributed by atoms with Crippen LogP contribution in [0.2, 0.25) is 0 Å². The fraction of sp³-hybridized carbons (Fsp3) is 0.188. The molecule has 0 aliphatic heterocycles. The van der Waals surface area contributed by atoms with Gasteiger partial charge in [-0.1, -0.05) is 35.9 Å². The molecule has 0 fully saturated rings. The van der Waals surface area contributed by atoms with Crippen molar-refractivity contribution in [1.82, 2.24) is 9.38 Å². The van der Waals surface area contributed by atoms with Crippen molar-refractivity contribution in [2.45, 2.75) is 20.3 Å². The Kier molecular flexibility index (Phi) is 2.63. The highest BCUT2D eigenvalue weighted by atomic mass is 15.0. The molecular weight excluding hydrogens is 220 g/mol. The van der Waals surface area contributed by atoms with Crippen molar-refractivity contribution in [2.24, 2.45) is 0 Å². The fourth-order valence-electron chi connectivity index (χ4n) is 2.20. The summed E-state index contributed by atoms with van der Waals surface area (Å²) < 4.78 is 2.14. The van der Waals surface area contributed by atoms with E-state index in [-0.39, 0.29) is 0 Å². The lowest BCUT2D eigenvalue weighted by Gasteiger charge is -1.98. The van der Waals surface area contributed by atoms with E-state index in [0.29, 0.717) is 0 Å². The monoisotopic (exact) mass is 236 g/mol.